The molecule has 0 amide bonds. The van der Waals surface area contributed by atoms with Gasteiger partial charge in [0.05, 0.1) is 6.54 Å². The number of hydrogen-bond donors (Lipinski definition) is 1. The topological polar surface area (TPSA) is 48.4 Å². The van der Waals surface area contributed by atoms with Crippen molar-refractivity contribution < 1.29 is 9.15 Å². The SMILES string of the molecule is CCc1c(CN)oc2ccc(OCc3ccccc3)cc12. The summed E-state index contributed by atoms with van der Waals surface area (Å²) in [7, 11) is 0. The van der Waals surface area contributed by atoms with Crippen LogP contribution in [0.4, 0.5) is 0 Å². The molecule has 0 aliphatic carbocycles. The second-order valence-electron chi connectivity index (χ2n) is 4.99. The molecule has 0 saturated heterocycles. The highest BCUT2D eigenvalue weighted by Crippen LogP contribution is 2.30. The van der Waals surface area contributed by atoms with Crippen LogP contribution in [0, 0.1) is 0 Å². The molecule has 2 N–H and O–H groups in total. The number of benzene rings is 2. The molecule has 0 radical (unpaired) electrons. The van der Waals surface area contributed by atoms with Crippen molar-refractivity contribution >= 4 is 11.0 Å². The van der Waals surface area contributed by atoms with Crippen molar-refractivity contribution in [2.24, 2.45) is 5.73 Å². The van der Waals surface area contributed by atoms with Gasteiger partial charge in [0.1, 0.15) is 23.7 Å². The van der Waals surface area contributed by atoms with E-state index in [1.165, 1.54) is 5.56 Å². The summed E-state index contributed by atoms with van der Waals surface area (Å²) in [6, 6.07) is 16.1. The summed E-state index contributed by atoms with van der Waals surface area (Å²) in [5.74, 6) is 1.72. The Bertz CT molecular complexity index is 732. The number of aryl methyl sites for hydroxylation is 1. The van der Waals surface area contributed by atoms with E-state index in [1.54, 1.807) is 0 Å². The van der Waals surface area contributed by atoms with Crippen molar-refractivity contribution in [3.8, 4) is 5.75 Å². The third-order valence-corrected chi connectivity index (χ3v) is 3.63. The van der Waals surface area contributed by atoms with Gasteiger partial charge in [0, 0.05) is 10.9 Å². The first-order chi connectivity index (χ1) is 10.3. The Morgan fingerprint density at radius 1 is 1.10 bits per heavy atom. The molecule has 0 aliphatic heterocycles. The molecule has 1 aromatic heterocycles. The lowest BCUT2D eigenvalue weighted by atomic mass is 10.1. The summed E-state index contributed by atoms with van der Waals surface area (Å²) in [5, 5.41) is 1.10. The molecule has 3 rings (SSSR count). The zero-order valence-electron chi connectivity index (χ0n) is 12.1. The highest BCUT2D eigenvalue weighted by molar-refractivity contribution is 5.83. The van der Waals surface area contributed by atoms with Crippen LogP contribution in [0.25, 0.3) is 11.0 Å². The molecule has 2 aromatic carbocycles. The van der Waals surface area contributed by atoms with Crippen molar-refractivity contribution in [1.82, 2.24) is 0 Å². The first-order valence-electron chi connectivity index (χ1n) is 7.23. The predicted octanol–water partition coefficient (Wildman–Crippen LogP) is 4.03. The molecule has 1 heterocycles. The monoisotopic (exact) mass is 281 g/mol. The van der Waals surface area contributed by atoms with Crippen LogP contribution in [0.3, 0.4) is 0 Å². The zero-order valence-corrected chi connectivity index (χ0v) is 12.1. The van der Waals surface area contributed by atoms with E-state index in [1.807, 2.05) is 36.4 Å². The Kier molecular flexibility index (Phi) is 3.93. The van der Waals surface area contributed by atoms with Crippen LogP contribution in [0.1, 0.15) is 23.8 Å². The van der Waals surface area contributed by atoms with Crippen LogP contribution in [0.2, 0.25) is 0 Å². The summed E-state index contributed by atoms with van der Waals surface area (Å²) in [6.45, 7) is 3.11. The fraction of sp³-hybridized carbons (Fsp3) is 0.222. The summed E-state index contributed by atoms with van der Waals surface area (Å²) in [4.78, 5) is 0. The zero-order chi connectivity index (χ0) is 14.7. The lowest BCUT2D eigenvalue weighted by Crippen LogP contribution is -1.97. The second-order valence-corrected chi connectivity index (χ2v) is 4.99. The Morgan fingerprint density at radius 2 is 1.90 bits per heavy atom. The lowest BCUT2D eigenvalue weighted by Gasteiger charge is -2.06. The average molecular weight is 281 g/mol. The molecule has 0 unspecified atom stereocenters. The third kappa shape index (κ3) is 2.78. The van der Waals surface area contributed by atoms with Gasteiger partial charge in [-0.25, -0.2) is 0 Å². The molecule has 3 nitrogen and oxygen atoms in total. The van der Waals surface area contributed by atoms with Crippen molar-refractivity contribution in [1.29, 1.82) is 0 Å². The van der Waals surface area contributed by atoms with Crippen molar-refractivity contribution in [3.63, 3.8) is 0 Å². The normalized spacial score (nSPS) is 11.0. The van der Waals surface area contributed by atoms with Crippen LogP contribution in [-0.4, -0.2) is 0 Å². The standard InChI is InChI=1S/C18H19NO2/c1-2-15-16-10-14(8-9-17(16)21-18(15)11-19)20-12-13-6-4-3-5-7-13/h3-10H,2,11-12,19H2,1H3. The minimum absolute atomic E-state index is 0.429. The van der Waals surface area contributed by atoms with Crippen LogP contribution in [-0.2, 0) is 19.6 Å². The number of hydrogen-bond acceptors (Lipinski definition) is 3. The minimum atomic E-state index is 0.429. The maximum Gasteiger partial charge on any atom is 0.134 e. The fourth-order valence-electron chi connectivity index (χ4n) is 2.56. The van der Waals surface area contributed by atoms with Gasteiger partial charge in [0.15, 0.2) is 0 Å². The van der Waals surface area contributed by atoms with E-state index in [-0.39, 0.29) is 0 Å². The van der Waals surface area contributed by atoms with Crippen molar-refractivity contribution in [2.75, 3.05) is 0 Å². The van der Waals surface area contributed by atoms with Gasteiger partial charge >= 0.3 is 0 Å². The van der Waals surface area contributed by atoms with Gasteiger partial charge in [0.2, 0.25) is 0 Å². The molecule has 3 heteroatoms. The van der Waals surface area contributed by atoms with Crippen LogP contribution < -0.4 is 10.5 Å². The number of fused-ring (bicyclic) bond motifs is 1. The van der Waals surface area contributed by atoms with E-state index < -0.39 is 0 Å². The van der Waals surface area contributed by atoms with Crippen LogP contribution in [0.15, 0.2) is 52.9 Å². The van der Waals surface area contributed by atoms with Gasteiger partial charge in [-0.3, -0.25) is 0 Å². The molecule has 0 spiro atoms. The Morgan fingerprint density at radius 3 is 2.62 bits per heavy atom. The lowest BCUT2D eigenvalue weighted by molar-refractivity contribution is 0.306. The van der Waals surface area contributed by atoms with Gasteiger partial charge in [-0.05, 0) is 30.2 Å². The first-order valence-corrected chi connectivity index (χ1v) is 7.23. The smallest absolute Gasteiger partial charge is 0.134 e. The maximum absolute atomic E-state index is 5.87. The molecule has 0 aliphatic rings. The van der Waals surface area contributed by atoms with Crippen molar-refractivity contribution in [3.05, 3.63) is 65.4 Å². The summed E-state index contributed by atoms with van der Waals surface area (Å²) >= 11 is 0. The second kappa shape index (κ2) is 6.02. The molecule has 3 aromatic rings. The maximum atomic E-state index is 5.87. The molecule has 0 atom stereocenters. The summed E-state index contributed by atoms with van der Waals surface area (Å²) < 4.78 is 11.6. The highest BCUT2D eigenvalue weighted by atomic mass is 16.5. The minimum Gasteiger partial charge on any atom is -0.489 e. The summed E-state index contributed by atoms with van der Waals surface area (Å²) in [6.07, 6.45) is 0.904. The van der Waals surface area contributed by atoms with E-state index in [0.29, 0.717) is 13.2 Å². The molecule has 0 bridgehead atoms. The quantitative estimate of drug-likeness (QED) is 0.768. The fourth-order valence-corrected chi connectivity index (χ4v) is 2.56. The molecule has 21 heavy (non-hydrogen) atoms. The number of rotatable bonds is 5. The van der Waals surface area contributed by atoms with Crippen molar-refractivity contribution in [2.45, 2.75) is 26.5 Å². The molecule has 0 fully saturated rings. The van der Waals surface area contributed by atoms with Gasteiger partial charge < -0.3 is 14.9 Å². The first kappa shape index (κ1) is 13.7. The van der Waals surface area contributed by atoms with Gasteiger partial charge in [0.25, 0.3) is 0 Å². The molecular formula is C18H19NO2. The third-order valence-electron chi connectivity index (χ3n) is 3.63. The Balaban J connectivity index is 1.86. The van der Waals surface area contributed by atoms with Gasteiger partial charge in [-0.15, -0.1) is 0 Å². The van der Waals surface area contributed by atoms with E-state index in [9.17, 15) is 0 Å². The van der Waals surface area contributed by atoms with Gasteiger partial charge in [-0.1, -0.05) is 37.3 Å². The largest absolute Gasteiger partial charge is 0.489 e. The number of furan rings is 1. The number of ether oxygens (including phenoxy) is 1. The number of nitrogens with two attached hydrogens (primary N) is 1. The molecular weight excluding hydrogens is 262 g/mol. The molecule has 0 saturated carbocycles. The van der Waals surface area contributed by atoms with E-state index in [0.717, 1.165) is 34.5 Å². The predicted molar refractivity (Wildman–Crippen MR) is 84.3 cm³/mol. The van der Waals surface area contributed by atoms with E-state index in [2.05, 4.69) is 19.1 Å². The average Bonchev–Trinajstić information content (AvgIpc) is 2.90. The Hall–Kier alpha value is -2.26. The van der Waals surface area contributed by atoms with E-state index in [4.69, 9.17) is 14.9 Å². The molecule has 108 valence electrons. The van der Waals surface area contributed by atoms with Crippen LogP contribution >= 0.6 is 0 Å². The van der Waals surface area contributed by atoms with E-state index >= 15 is 0 Å². The Labute approximate surface area is 124 Å². The van der Waals surface area contributed by atoms with Gasteiger partial charge in [-0.2, -0.15) is 0 Å². The summed E-state index contributed by atoms with van der Waals surface area (Å²) in [5.41, 5.74) is 8.95. The highest BCUT2D eigenvalue weighted by Gasteiger charge is 2.12. The van der Waals surface area contributed by atoms with Crippen LogP contribution in [0.5, 0.6) is 5.75 Å².